The van der Waals surface area contributed by atoms with Gasteiger partial charge in [0, 0.05) is 22.5 Å². The van der Waals surface area contributed by atoms with Crippen molar-refractivity contribution in [1.29, 1.82) is 0 Å². The summed E-state index contributed by atoms with van der Waals surface area (Å²) in [5.41, 5.74) is 6.35. The molecule has 0 saturated carbocycles. The van der Waals surface area contributed by atoms with E-state index in [1.54, 1.807) is 0 Å². The van der Waals surface area contributed by atoms with Crippen molar-refractivity contribution in [3.8, 4) is 22.4 Å². The van der Waals surface area contributed by atoms with Gasteiger partial charge >= 0.3 is 0 Å². The summed E-state index contributed by atoms with van der Waals surface area (Å²) in [5.74, 6) is 0. The van der Waals surface area contributed by atoms with Gasteiger partial charge in [0.15, 0.2) is 0 Å². The van der Waals surface area contributed by atoms with Crippen molar-refractivity contribution in [3.63, 3.8) is 0 Å². The number of hydrogen-bond acceptors (Lipinski definition) is 2. The van der Waals surface area contributed by atoms with Crippen molar-refractivity contribution < 1.29 is 0 Å². The number of aromatic nitrogens is 2. The Morgan fingerprint density at radius 2 is 1.03 bits per heavy atom. The van der Waals surface area contributed by atoms with Gasteiger partial charge in [0.2, 0.25) is 0 Å². The van der Waals surface area contributed by atoms with Crippen LogP contribution in [0.5, 0.6) is 0 Å². The van der Waals surface area contributed by atoms with Gasteiger partial charge in [-0.05, 0) is 61.6 Å². The molecular weight excluding hydrogens is 460 g/mol. The summed E-state index contributed by atoms with van der Waals surface area (Å²) < 4.78 is 0. The van der Waals surface area contributed by atoms with Crippen LogP contribution in [0.15, 0.2) is 134 Å². The monoisotopic (exact) mass is 482 g/mol. The number of hydrogen-bond donors (Lipinski definition) is 0. The van der Waals surface area contributed by atoms with E-state index in [1.165, 1.54) is 43.4 Å². The van der Waals surface area contributed by atoms with Gasteiger partial charge < -0.3 is 0 Å². The molecule has 0 amide bonds. The number of nitrogens with zero attached hydrogens (tertiary/aromatic N) is 2. The predicted octanol–water partition coefficient (Wildman–Crippen LogP) is 9.58. The molecular formula is C36H22N2. The zero-order valence-corrected chi connectivity index (χ0v) is 20.6. The molecule has 0 saturated heterocycles. The Morgan fingerprint density at radius 3 is 1.82 bits per heavy atom. The summed E-state index contributed by atoms with van der Waals surface area (Å²) in [6.45, 7) is 0. The third-order valence-electron chi connectivity index (χ3n) is 7.67. The molecule has 8 rings (SSSR count). The van der Waals surface area contributed by atoms with Crippen LogP contribution < -0.4 is 0 Å². The Balaban J connectivity index is 1.38. The second-order valence-electron chi connectivity index (χ2n) is 9.81. The predicted molar refractivity (Wildman–Crippen MR) is 160 cm³/mol. The topological polar surface area (TPSA) is 25.8 Å². The van der Waals surface area contributed by atoms with Crippen LogP contribution in [-0.2, 0) is 0 Å². The van der Waals surface area contributed by atoms with Gasteiger partial charge in [-0.3, -0.25) is 4.98 Å². The summed E-state index contributed by atoms with van der Waals surface area (Å²) >= 11 is 0. The van der Waals surface area contributed by atoms with Gasteiger partial charge in [-0.25, -0.2) is 4.98 Å². The zero-order valence-electron chi connectivity index (χ0n) is 20.6. The third-order valence-corrected chi connectivity index (χ3v) is 7.67. The van der Waals surface area contributed by atoms with Crippen LogP contribution in [0.4, 0.5) is 0 Å². The number of benzene rings is 6. The molecule has 0 unspecified atom stereocenters. The Hall–Kier alpha value is -5.08. The number of rotatable bonds is 2. The van der Waals surface area contributed by atoms with Crippen molar-refractivity contribution in [2.45, 2.75) is 0 Å². The molecule has 0 radical (unpaired) electrons. The van der Waals surface area contributed by atoms with Crippen LogP contribution >= 0.6 is 0 Å². The standard InChI is InChI=1S/C36H22N2/c1-2-12-30-28(11-1)29-13-3-4-14-31(29)34-27(15-6-16-32(30)34)25-8-5-9-26(22-25)33-20-19-24-18-17-23-10-7-21-37-35(23)36(24)38-33/h1-22H. The largest absolute Gasteiger partial charge is 0.254 e. The molecule has 0 fully saturated rings. The third kappa shape index (κ3) is 3.14. The average Bonchev–Trinajstić information content (AvgIpc) is 3.00. The Kier molecular flexibility index (Phi) is 4.55. The minimum Gasteiger partial charge on any atom is -0.254 e. The normalized spacial score (nSPS) is 11.7. The lowest BCUT2D eigenvalue weighted by Crippen LogP contribution is -1.90. The highest BCUT2D eigenvalue weighted by molar-refractivity contribution is 6.28. The van der Waals surface area contributed by atoms with Crippen molar-refractivity contribution in [2.24, 2.45) is 0 Å². The lowest BCUT2D eigenvalue weighted by molar-refractivity contribution is 1.37. The van der Waals surface area contributed by atoms with Crippen LogP contribution in [-0.4, -0.2) is 9.97 Å². The van der Waals surface area contributed by atoms with E-state index in [1.807, 2.05) is 12.3 Å². The molecule has 2 aromatic heterocycles. The first-order chi connectivity index (χ1) is 18.8. The smallest absolute Gasteiger partial charge is 0.0972 e. The lowest BCUT2D eigenvalue weighted by atomic mass is 9.89. The van der Waals surface area contributed by atoms with Gasteiger partial charge in [0.05, 0.1) is 16.7 Å². The fraction of sp³-hybridized carbons (Fsp3) is 0. The molecule has 0 N–H and O–H groups in total. The quantitative estimate of drug-likeness (QED) is 0.229. The van der Waals surface area contributed by atoms with Gasteiger partial charge in [-0.2, -0.15) is 0 Å². The molecule has 0 atom stereocenters. The highest BCUT2D eigenvalue weighted by Crippen LogP contribution is 2.40. The maximum atomic E-state index is 5.10. The highest BCUT2D eigenvalue weighted by Gasteiger charge is 2.13. The minimum atomic E-state index is 0.939. The first-order valence-electron chi connectivity index (χ1n) is 12.9. The summed E-state index contributed by atoms with van der Waals surface area (Å²) in [6.07, 6.45) is 1.84. The fourth-order valence-corrected chi connectivity index (χ4v) is 5.93. The van der Waals surface area contributed by atoms with Crippen molar-refractivity contribution >= 4 is 54.1 Å². The molecule has 0 aliphatic heterocycles. The van der Waals surface area contributed by atoms with E-state index in [4.69, 9.17) is 4.98 Å². The Bertz CT molecular complexity index is 2150. The molecule has 2 nitrogen and oxygen atoms in total. The van der Waals surface area contributed by atoms with E-state index < -0.39 is 0 Å². The van der Waals surface area contributed by atoms with Crippen molar-refractivity contribution in [2.75, 3.05) is 0 Å². The minimum absolute atomic E-state index is 0.939. The number of pyridine rings is 2. The molecule has 2 heterocycles. The second kappa shape index (κ2) is 8.22. The Labute approximate surface area is 219 Å². The first kappa shape index (κ1) is 21.0. The summed E-state index contributed by atoms with van der Waals surface area (Å²) in [5, 5.41) is 9.93. The van der Waals surface area contributed by atoms with Crippen LogP contribution in [0.25, 0.3) is 76.5 Å². The fourth-order valence-electron chi connectivity index (χ4n) is 5.93. The van der Waals surface area contributed by atoms with Crippen LogP contribution in [0.2, 0.25) is 0 Å². The Morgan fingerprint density at radius 1 is 0.421 bits per heavy atom. The van der Waals surface area contributed by atoms with Gasteiger partial charge in [-0.15, -0.1) is 0 Å². The van der Waals surface area contributed by atoms with Crippen molar-refractivity contribution in [1.82, 2.24) is 9.97 Å². The van der Waals surface area contributed by atoms with E-state index in [0.29, 0.717) is 0 Å². The highest BCUT2D eigenvalue weighted by atomic mass is 14.7. The second-order valence-corrected chi connectivity index (χ2v) is 9.81. The van der Waals surface area contributed by atoms with Crippen LogP contribution in [0.3, 0.4) is 0 Å². The molecule has 2 heteroatoms. The first-order valence-corrected chi connectivity index (χ1v) is 12.9. The van der Waals surface area contributed by atoms with Gasteiger partial charge in [-0.1, -0.05) is 109 Å². The molecule has 0 spiro atoms. The van der Waals surface area contributed by atoms with E-state index in [-0.39, 0.29) is 0 Å². The number of fused-ring (bicyclic) bond motifs is 9. The van der Waals surface area contributed by atoms with E-state index >= 15 is 0 Å². The average molecular weight is 483 g/mol. The van der Waals surface area contributed by atoms with E-state index in [9.17, 15) is 0 Å². The maximum absolute atomic E-state index is 5.10. The van der Waals surface area contributed by atoms with E-state index in [0.717, 1.165) is 33.1 Å². The van der Waals surface area contributed by atoms with Gasteiger partial charge in [0.1, 0.15) is 0 Å². The molecule has 0 bridgehead atoms. The van der Waals surface area contributed by atoms with Crippen LogP contribution in [0, 0.1) is 0 Å². The van der Waals surface area contributed by atoms with Crippen LogP contribution in [0.1, 0.15) is 0 Å². The summed E-state index contributed by atoms with van der Waals surface area (Å²) in [7, 11) is 0. The van der Waals surface area contributed by atoms with Gasteiger partial charge in [0.25, 0.3) is 0 Å². The van der Waals surface area contributed by atoms with Crippen molar-refractivity contribution in [3.05, 3.63) is 134 Å². The molecule has 0 aliphatic carbocycles. The summed E-state index contributed by atoms with van der Waals surface area (Å²) in [6, 6.07) is 45.5. The molecule has 176 valence electrons. The molecule has 0 aliphatic rings. The zero-order chi connectivity index (χ0) is 25.1. The SMILES string of the molecule is c1cc(-c2ccc3ccc4cccnc4c3n2)cc(-c2cccc3c4ccccc4c4ccccc4c23)c1. The van der Waals surface area contributed by atoms with E-state index in [2.05, 4.69) is 126 Å². The molecule has 8 aromatic rings. The maximum Gasteiger partial charge on any atom is 0.0972 e. The summed E-state index contributed by atoms with van der Waals surface area (Å²) in [4.78, 5) is 9.73. The molecule has 6 aromatic carbocycles. The lowest BCUT2D eigenvalue weighted by Gasteiger charge is -2.15. The molecule has 38 heavy (non-hydrogen) atoms.